The van der Waals surface area contributed by atoms with Crippen LogP contribution in [0.15, 0.2) is 90.2 Å². The average molecular weight is 615 g/mol. The van der Waals surface area contributed by atoms with Crippen LogP contribution in [0, 0.1) is 0 Å². The number of allylic oxidation sites excluding steroid dienone is 1. The molecule has 1 heterocycles. The summed E-state index contributed by atoms with van der Waals surface area (Å²) in [7, 11) is -1.19. The zero-order chi connectivity index (χ0) is 31.1. The van der Waals surface area contributed by atoms with Crippen molar-refractivity contribution in [2.45, 2.75) is 57.2 Å². The molecule has 4 aromatic rings. The Balaban J connectivity index is 1.37. The van der Waals surface area contributed by atoms with Gasteiger partial charge in [-0.15, -0.1) is 0 Å². The molecule has 7 nitrogen and oxygen atoms in total. The van der Waals surface area contributed by atoms with Gasteiger partial charge in [-0.05, 0) is 85.0 Å². The smallest absolute Gasteiger partial charge is 0.160 e. The van der Waals surface area contributed by atoms with Crippen molar-refractivity contribution in [3.63, 3.8) is 0 Å². The molecule has 0 aliphatic rings. The van der Waals surface area contributed by atoms with E-state index in [0.717, 1.165) is 70.3 Å². The fourth-order valence-electron chi connectivity index (χ4n) is 4.68. The predicted octanol–water partition coefficient (Wildman–Crippen LogP) is 7.30. The van der Waals surface area contributed by atoms with Crippen LogP contribution in [-0.2, 0) is 39.0 Å². The first-order chi connectivity index (χ1) is 21.5. The fraction of sp³-hybridized carbons (Fsp3) is 0.333. The second-order valence-corrected chi connectivity index (χ2v) is 11.8. The molecule has 0 radical (unpaired) electrons. The molecule has 0 bridgehead atoms. The monoisotopic (exact) mass is 614 g/mol. The number of nitrogens with zero attached hydrogens (tertiary/aromatic N) is 2. The summed E-state index contributed by atoms with van der Waals surface area (Å²) in [6.07, 6.45) is 9.21. The van der Waals surface area contributed by atoms with E-state index in [0.29, 0.717) is 25.6 Å². The van der Waals surface area contributed by atoms with E-state index in [1.54, 1.807) is 18.6 Å². The van der Waals surface area contributed by atoms with Gasteiger partial charge in [0.1, 0.15) is 18.1 Å². The van der Waals surface area contributed by atoms with E-state index in [1.807, 2.05) is 84.3 Å². The van der Waals surface area contributed by atoms with Crippen molar-refractivity contribution in [2.75, 3.05) is 26.4 Å². The number of aromatic nitrogens is 2. The van der Waals surface area contributed by atoms with Gasteiger partial charge < -0.3 is 18.8 Å². The van der Waals surface area contributed by atoms with Crippen LogP contribution >= 0.6 is 0 Å². The van der Waals surface area contributed by atoms with Gasteiger partial charge >= 0.3 is 0 Å². The normalized spacial score (nSPS) is 12.0. The van der Waals surface area contributed by atoms with E-state index in [4.69, 9.17) is 14.2 Å². The van der Waals surface area contributed by atoms with Crippen LogP contribution in [0.2, 0.25) is 0 Å². The summed E-state index contributed by atoms with van der Waals surface area (Å²) in [5.74, 6) is 1.90. The third kappa shape index (κ3) is 9.76. The second kappa shape index (κ2) is 17.3. The lowest BCUT2D eigenvalue weighted by atomic mass is 10.0. The summed E-state index contributed by atoms with van der Waals surface area (Å²) in [5, 5.41) is 0. The first-order valence-corrected chi connectivity index (χ1v) is 16.6. The maximum atomic E-state index is 12.9. The van der Waals surface area contributed by atoms with Gasteiger partial charge in [-0.25, -0.2) is 4.98 Å². The van der Waals surface area contributed by atoms with Crippen LogP contribution in [0.5, 0.6) is 11.5 Å². The third-order valence-electron chi connectivity index (χ3n) is 6.90. The maximum Gasteiger partial charge on any atom is 0.160 e. The molecule has 232 valence electrons. The van der Waals surface area contributed by atoms with Crippen LogP contribution in [-0.4, -0.2) is 46.0 Å². The highest BCUT2D eigenvalue weighted by atomic mass is 32.2. The van der Waals surface area contributed by atoms with Gasteiger partial charge in [0.15, 0.2) is 5.78 Å². The first-order valence-electron chi connectivity index (χ1n) is 15.3. The minimum atomic E-state index is -1.19. The third-order valence-corrected chi connectivity index (χ3v) is 8.25. The van der Waals surface area contributed by atoms with Crippen molar-refractivity contribution in [1.82, 2.24) is 9.55 Å². The number of carbonyl (C=O) groups excluding carboxylic acids is 1. The molecule has 0 unspecified atom stereocenters. The SMILES string of the molecule is CCCOCCOc1ccc(-c2ccc(OCC)c(/C=C/C(=O)Cc3ccc([S@@](=O)Cc4cncn4CCC)cc3)c2)cc1. The van der Waals surface area contributed by atoms with Crippen molar-refractivity contribution < 1.29 is 23.2 Å². The average Bonchev–Trinajstić information content (AvgIpc) is 3.47. The van der Waals surface area contributed by atoms with E-state index in [2.05, 4.69) is 18.8 Å². The number of ether oxygens (including phenoxy) is 3. The molecule has 0 aliphatic heterocycles. The van der Waals surface area contributed by atoms with Gasteiger partial charge in [-0.1, -0.05) is 44.2 Å². The van der Waals surface area contributed by atoms with E-state index < -0.39 is 10.8 Å². The number of carbonyl (C=O) groups is 1. The number of benzene rings is 3. The number of rotatable bonds is 18. The molecule has 0 spiro atoms. The highest BCUT2D eigenvalue weighted by molar-refractivity contribution is 7.84. The van der Waals surface area contributed by atoms with Gasteiger partial charge in [0.05, 0.1) is 41.8 Å². The topological polar surface area (TPSA) is 79.7 Å². The van der Waals surface area contributed by atoms with Crippen LogP contribution in [0.25, 0.3) is 17.2 Å². The van der Waals surface area contributed by atoms with E-state index >= 15 is 0 Å². The molecule has 0 amide bonds. The van der Waals surface area contributed by atoms with Crippen LogP contribution in [0.4, 0.5) is 0 Å². The summed E-state index contributed by atoms with van der Waals surface area (Å²) < 4.78 is 32.1. The summed E-state index contributed by atoms with van der Waals surface area (Å²) >= 11 is 0. The van der Waals surface area contributed by atoms with E-state index in [-0.39, 0.29) is 12.2 Å². The Labute approximate surface area is 263 Å². The number of ketones is 1. The Kier molecular flexibility index (Phi) is 13.0. The van der Waals surface area contributed by atoms with E-state index in [9.17, 15) is 9.00 Å². The van der Waals surface area contributed by atoms with Crippen molar-refractivity contribution in [2.24, 2.45) is 0 Å². The van der Waals surface area contributed by atoms with Crippen LogP contribution < -0.4 is 9.47 Å². The minimum Gasteiger partial charge on any atom is -0.493 e. The fourth-order valence-corrected chi connectivity index (χ4v) is 5.80. The molecule has 3 aromatic carbocycles. The lowest BCUT2D eigenvalue weighted by Gasteiger charge is -2.11. The molecular weight excluding hydrogens is 572 g/mol. The lowest BCUT2D eigenvalue weighted by Crippen LogP contribution is -2.06. The van der Waals surface area contributed by atoms with Gasteiger partial charge in [0.2, 0.25) is 0 Å². The summed E-state index contributed by atoms with van der Waals surface area (Å²) in [6, 6.07) is 21.4. The van der Waals surface area contributed by atoms with Gasteiger partial charge in [-0.3, -0.25) is 9.00 Å². The van der Waals surface area contributed by atoms with Crippen molar-refractivity contribution in [3.05, 3.63) is 102 Å². The highest BCUT2D eigenvalue weighted by Crippen LogP contribution is 2.29. The lowest BCUT2D eigenvalue weighted by molar-refractivity contribution is -0.113. The number of hydrogen-bond acceptors (Lipinski definition) is 6. The highest BCUT2D eigenvalue weighted by Gasteiger charge is 2.11. The minimum absolute atomic E-state index is 0.0281. The molecule has 1 aromatic heterocycles. The summed E-state index contributed by atoms with van der Waals surface area (Å²) in [5.41, 5.74) is 4.71. The molecule has 44 heavy (non-hydrogen) atoms. The molecule has 4 rings (SSSR count). The summed E-state index contributed by atoms with van der Waals surface area (Å²) in [4.78, 5) is 17.8. The molecule has 0 fully saturated rings. The Bertz CT molecular complexity index is 1530. The van der Waals surface area contributed by atoms with Gasteiger partial charge in [0, 0.05) is 36.2 Å². The number of hydrogen-bond donors (Lipinski definition) is 0. The molecule has 0 saturated heterocycles. The van der Waals surface area contributed by atoms with Gasteiger partial charge in [-0.2, -0.15) is 0 Å². The zero-order valence-electron chi connectivity index (χ0n) is 25.9. The molecule has 8 heteroatoms. The second-order valence-electron chi connectivity index (χ2n) is 10.4. The van der Waals surface area contributed by atoms with E-state index in [1.165, 1.54) is 0 Å². The van der Waals surface area contributed by atoms with Gasteiger partial charge in [0.25, 0.3) is 0 Å². The standard InChI is InChI=1S/C36H42N2O5S/c1-4-19-38-27-37-25-32(38)26-44(40)35-16-7-28(8-17-35)23-33(39)13-9-31-24-30(12-18-36(31)42-6-3)29-10-14-34(15-11-29)43-22-21-41-20-5-2/h7-18,24-25,27H,4-6,19-23,26H2,1-3H3/b13-9+/t44-/m0/s1. The van der Waals surface area contributed by atoms with Crippen LogP contribution in [0.3, 0.4) is 0 Å². The maximum absolute atomic E-state index is 12.9. The molecule has 1 atom stereocenters. The summed E-state index contributed by atoms with van der Waals surface area (Å²) in [6.45, 7) is 9.34. The molecular formula is C36H42N2O5S. The Morgan fingerprint density at radius 1 is 0.886 bits per heavy atom. The molecule has 0 aliphatic carbocycles. The predicted molar refractivity (Wildman–Crippen MR) is 176 cm³/mol. The Hall–Kier alpha value is -4.01. The zero-order valence-corrected chi connectivity index (χ0v) is 26.7. The molecule has 0 N–H and O–H groups in total. The number of imidazole rings is 1. The quantitative estimate of drug-likeness (QED) is 0.0865. The number of aryl methyl sites for hydroxylation is 1. The van der Waals surface area contributed by atoms with Crippen LogP contribution in [0.1, 0.15) is 50.4 Å². The molecule has 0 saturated carbocycles. The van der Waals surface area contributed by atoms with Crippen molar-refractivity contribution in [1.29, 1.82) is 0 Å². The van der Waals surface area contributed by atoms with Crippen molar-refractivity contribution >= 4 is 22.7 Å². The Morgan fingerprint density at radius 3 is 2.39 bits per heavy atom. The Morgan fingerprint density at radius 2 is 1.66 bits per heavy atom. The largest absolute Gasteiger partial charge is 0.493 e. The first kappa shape index (κ1) is 32.9. The van der Waals surface area contributed by atoms with Crippen molar-refractivity contribution in [3.8, 4) is 22.6 Å².